The summed E-state index contributed by atoms with van der Waals surface area (Å²) in [6, 6.07) is 1.40. The number of hydrogen-bond acceptors (Lipinski definition) is 8. The van der Waals surface area contributed by atoms with Crippen LogP contribution in [0.2, 0.25) is 0 Å². The molecule has 0 aliphatic carbocycles. The first-order valence-electron chi connectivity index (χ1n) is 12.0. The molecule has 12 nitrogen and oxygen atoms in total. The molecule has 10 N–H and O–H groups in total. The van der Waals surface area contributed by atoms with Crippen molar-refractivity contribution in [2.24, 2.45) is 17.4 Å². The molecular formula is C24H39N5O7. The van der Waals surface area contributed by atoms with E-state index in [-0.39, 0.29) is 30.9 Å². The predicted molar refractivity (Wildman–Crippen MR) is 133 cm³/mol. The Morgan fingerprint density at radius 2 is 1.44 bits per heavy atom. The fourth-order valence-corrected chi connectivity index (χ4v) is 3.44. The molecule has 0 spiro atoms. The Morgan fingerprint density at radius 3 is 1.97 bits per heavy atom. The lowest BCUT2D eigenvalue weighted by molar-refractivity contribution is -0.142. The maximum absolute atomic E-state index is 13.2. The predicted octanol–water partition coefficient (Wildman–Crippen LogP) is -1.03. The number of carboxylic acids is 1. The number of carboxylic acid groups (broad SMARTS) is 1. The fourth-order valence-electron chi connectivity index (χ4n) is 3.44. The SMILES string of the molecule is CC(C)CC(NC(=O)C(CCCCN)NC(=O)C(Cc1ccc(O)cc1)NC(=O)C(N)CO)C(=O)O. The standard InChI is InChI=1S/C24H39N5O7/c1-14(2)11-20(24(35)36)29-22(33)18(5-3-4-10-25)27-23(34)19(28-21(32)17(26)13-30)12-15-6-8-16(31)9-7-15/h6-9,14,17-20,30-31H,3-5,10-13,25-26H2,1-2H3,(H,27,34)(H,28,32)(H,29,33)(H,35,36). The summed E-state index contributed by atoms with van der Waals surface area (Å²) in [5.74, 6) is -3.25. The zero-order valence-electron chi connectivity index (χ0n) is 20.8. The summed E-state index contributed by atoms with van der Waals surface area (Å²) in [6.45, 7) is 3.41. The van der Waals surface area contributed by atoms with Gasteiger partial charge in [-0.1, -0.05) is 26.0 Å². The topological polar surface area (TPSA) is 217 Å². The molecule has 0 saturated carbocycles. The van der Waals surface area contributed by atoms with Gasteiger partial charge < -0.3 is 42.7 Å². The smallest absolute Gasteiger partial charge is 0.326 e. The number of rotatable bonds is 16. The number of phenolic OH excluding ortho intramolecular Hbond substituents is 1. The van der Waals surface area contributed by atoms with Crippen LogP contribution >= 0.6 is 0 Å². The third-order valence-electron chi connectivity index (χ3n) is 5.44. The summed E-state index contributed by atoms with van der Waals surface area (Å²) in [7, 11) is 0. The first-order chi connectivity index (χ1) is 17.0. The molecule has 0 heterocycles. The minimum atomic E-state index is -1.25. The van der Waals surface area contributed by atoms with Gasteiger partial charge in [0.2, 0.25) is 17.7 Å². The Morgan fingerprint density at radius 1 is 0.889 bits per heavy atom. The molecule has 0 radical (unpaired) electrons. The lowest BCUT2D eigenvalue weighted by Crippen LogP contribution is -2.58. The number of unbranched alkanes of at least 4 members (excludes halogenated alkanes) is 1. The van der Waals surface area contributed by atoms with Crippen molar-refractivity contribution >= 4 is 23.7 Å². The average molecular weight is 510 g/mol. The zero-order valence-corrected chi connectivity index (χ0v) is 20.8. The number of aliphatic hydroxyl groups is 1. The molecule has 0 aliphatic rings. The first kappa shape index (κ1) is 30.8. The van der Waals surface area contributed by atoms with E-state index in [1.54, 1.807) is 12.1 Å². The van der Waals surface area contributed by atoms with E-state index in [0.29, 0.717) is 24.9 Å². The maximum atomic E-state index is 13.2. The highest BCUT2D eigenvalue weighted by Gasteiger charge is 2.30. The largest absolute Gasteiger partial charge is 0.508 e. The highest BCUT2D eigenvalue weighted by atomic mass is 16.4. The molecule has 4 unspecified atom stereocenters. The molecule has 0 bridgehead atoms. The third-order valence-corrected chi connectivity index (χ3v) is 5.44. The van der Waals surface area contributed by atoms with Gasteiger partial charge in [0.05, 0.1) is 6.61 Å². The van der Waals surface area contributed by atoms with Crippen LogP contribution in [0.15, 0.2) is 24.3 Å². The number of nitrogens with two attached hydrogens (primary N) is 2. The number of aliphatic carboxylic acids is 1. The van der Waals surface area contributed by atoms with E-state index < -0.39 is 54.5 Å². The molecule has 0 saturated heterocycles. The third kappa shape index (κ3) is 11.0. The summed E-state index contributed by atoms with van der Waals surface area (Å²) in [4.78, 5) is 50.1. The number of phenols is 1. The molecule has 3 amide bonds. The Kier molecular flexibility index (Phi) is 13.4. The van der Waals surface area contributed by atoms with Crippen LogP contribution in [-0.2, 0) is 25.6 Å². The van der Waals surface area contributed by atoms with E-state index in [2.05, 4.69) is 16.0 Å². The van der Waals surface area contributed by atoms with Gasteiger partial charge in [-0.15, -0.1) is 0 Å². The van der Waals surface area contributed by atoms with Gasteiger partial charge >= 0.3 is 5.97 Å². The number of aliphatic hydroxyl groups excluding tert-OH is 1. The van der Waals surface area contributed by atoms with Gasteiger partial charge in [0, 0.05) is 6.42 Å². The molecule has 202 valence electrons. The highest BCUT2D eigenvalue weighted by molar-refractivity contribution is 5.94. The van der Waals surface area contributed by atoms with Crippen LogP contribution in [0, 0.1) is 5.92 Å². The van der Waals surface area contributed by atoms with Crippen LogP contribution in [-0.4, -0.2) is 76.3 Å². The molecule has 0 aromatic heterocycles. The molecule has 1 aromatic carbocycles. The normalized spacial score (nSPS) is 14.4. The molecule has 12 heteroatoms. The van der Waals surface area contributed by atoms with E-state index in [1.165, 1.54) is 12.1 Å². The van der Waals surface area contributed by atoms with Crippen LogP contribution in [0.25, 0.3) is 0 Å². The molecule has 1 rings (SSSR count). The van der Waals surface area contributed by atoms with E-state index in [1.807, 2.05) is 13.8 Å². The lowest BCUT2D eigenvalue weighted by Gasteiger charge is -2.25. The molecule has 4 atom stereocenters. The van der Waals surface area contributed by atoms with Crippen LogP contribution in [0.3, 0.4) is 0 Å². The number of carbonyl (C=O) groups excluding carboxylic acids is 3. The monoisotopic (exact) mass is 509 g/mol. The Bertz CT molecular complexity index is 863. The summed E-state index contributed by atoms with van der Waals surface area (Å²) in [5, 5.41) is 35.8. The quantitative estimate of drug-likeness (QED) is 0.128. The van der Waals surface area contributed by atoms with Gasteiger partial charge in [-0.3, -0.25) is 14.4 Å². The minimum absolute atomic E-state index is 0.0114. The second kappa shape index (κ2) is 15.7. The van der Waals surface area contributed by atoms with Gasteiger partial charge in [0.25, 0.3) is 0 Å². The maximum Gasteiger partial charge on any atom is 0.326 e. The number of aromatic hydroxyl groups is 1. The van der Waals surface area contributed by atoms with Crippen LogP contribution in [0.4, 0.5) is 0 Å². The van der Waals surface area contributed by atoms with E-state index >= 15 is 0 Å². The first-order valence-corrected chi connectivity index (χ1v) is 12.0. The summed E-state index contributed by atoms with van der Waals surface area (Å²) < 4.78 is 0. The molecular weight excluding hydrogens is 470 g/mol. The van der Waals surface area contributed by atoms with E-state index in [0.717, 1.165) is 0 Å². The molecule has 1 aromatic rings. The Labute approximate surface area is 210 Å². The van der Waals surface area contributed by atoms with E-state index in [4.69, 9.17) is 11.5 Å². The Balaban J connectivity index is 3.10. The molecule has 0 fully saturated rings. The second-order valence-corrected chi connectivity index (χ2v) is 9.10. The second-order valence-electron chi connectivity index (χ2n) is 9.10. The number of hydrogen-bond donors (Lipinski definition) is 8. The van der Waals surface area contributed by atoms with Crippen molar-refractivity contribution in [1.29, 1.82) is 0 Å². The summed E-state index contributed by atoms with van der Waals surface area (Å²) >= 11 is 0. The van der Waals surface area contributed by atoms with Crippen LogP contribution in [0.1, 0.15) is 45.1 Å². The number of carbonyl (C=O) groups is 4. The number of benzene rings is 1. The lowest BCUT2D eigenvalue weighted by atomic mass is 10.0. The average Bonchev–Trinajstić information content (AvgIpc) is 2.82. The number of amides is 3. The highest BCUT2D eigenvalue weighted by Crippen LogP contribution is 2.12. The van der Waals surface area contributed by atoms with Gasteiger partial charge in [-0.05, 0) is 55.8 Å². The van der Waals surface area contributed by atoms with Crippen molar-refractivity contribution < 1.29 is 34.5 Å². The molecule has 0 aliphatic heterocycles. The zero-order chi connectivity index (χ0) is 27.3. The summed E-state index contributed by atoms with van der Waals surface area (Å²) in [5.41, 5.74) is 11.7. The summed E-state index contributed by atoms with van der Waals surface area (Å²) in [6.07, 6.45) is 1.52. The van der Waals surface area contributed by atoms with Crippen molar-refractivity contribution in [1.82, 2.24) is 16.0 Å². The van der Waals surface area contributed by atoms with Crippen molar-refractivity contribution in [3.63, 3.8) is 0 Å². The van der Waals surface area contributed by atoms with E-state index in [9.17, 15) is 34.5 Å². The van der Waals surface area contributed by atoms with Crippen molar-refractivity contribution in [3.05, 3.63) is 29.8 Å². The minimum Gasteiger partial charge on any atom is -0.508 e. The molecule has 36 heavy (non-hydrogen) atoms. The van der Waals surface area contributed by atoms with Gasteiger partial charge in [-0.2, -0.15) is 0 Å². The van der Waals surface area contributed by atoms with Crippen molar-refractivity contribution in [2.45, 2.75) is 70.1 Å². The van der Waals surface area contributed by atoms with Crippen LogP contribution < -0.4 is 27.4 Å². The Hall–Kier alpha value is -3.22. The van der Waals surface area contributed by atoms with Crippen molar-refractivity contribution in [2.75, 3.05) is 13.2 Å². The number of nitrogens with one attached hydrogen (secondary N) is 3. The van der Waals surface area contributed by atoms with Gasteiger partial charge in [-0.25, -0.2) is 4.79 Å². The fraction of sp³-hybridized carbons (Fsp3) is 0.583. The van der Waals surface area contributed by atoms with Gasteiger partial charge in [0.1, 0.15) is 29.9 Å². The van der Waals surface area contributed by atoms with Crippen LogP contribution in [0.5, 0.6) is 5.75 Å². The van der Waals surface area contributed by atoms with Gasteiger partial charge in [0.15, 0.2) is 0 Å². The van der Waals surface area contributed by atoms with Crippen molar-refractivity contribution in [3.8, 4) is 5.75 Å².